The summed E-state index contributed by atoms with van der Waals surface area (Å²) in [7, 11) is 0. The third-order valence-electron chi connectivity index (χ3n) is 4.71. The molecule has 1 atom stereocenters. The highest BCUT2D eigenvalue weighted by molar-refractivity contribution is 8.02. The molecule has 2 aliphatic rings. The summed E-state index contributed by atoms with van der Waals surface area (Å²) in [6.07, 6.45) is 2.38. The number of thioether (sulfide) groups is 1. The summed E-state index contributed by atoms with van der Waals surface area (Å²) in [5.41, 5.74) is 1.39. The summed E-state index contributed by atoms with van der Waals surface area (Å²) in [5, 5.41) is 3.95. The number of hydrogen-bond acceptors (Lipinski definition) is 4. The van der Waals surface area contributed by atoms with Crippen molar-refractivity contribution in [3.8, 4) is 5.75 Å². The van der Waals surface area contributed by atoms with Crippen LogP contribution in [-0.4, -0.2) is 47.5 Å². The molecule has 0 saturated carbocycles. The standard InChI is InChI=1S/C18H24Cl2N2OS/c1-13-12-24-14(2)22(13)10-9-21-7-5-15(6-8-21)23-16-3-4-17(19)18(20)11-16/h3-4,11-12,14-15H,5-10H2,1-2H3. The molecule has 2 heterocycles. The summed E-state index contributed by atoms with van der Waals surface area (Å²) in [4.78, 5) is 5.03. The number of benzene rings is 1. The first-order valence-corrected chi connectivity index (χ1v) is 10.2. The van der Waals surface area contributed by atoms with Gasteiger partial charge in [-0.15, -0.1) is 11.8 Å². The SMILES string of the molecule is CC1=CSC(C)N1CCN1CCC(Oc2ccc(Cl)c(Cl)c2)CC1. The molecule has 24 heavy (non-hydrogen) atoms. The average molecular weight is 387 g/mol. The zero-order valence-electron chi connectivity index (χ0n) is 14.2. The number of nitrogens with zero attached hydrogens (tertiary/aromatic N) is 2. The van der Waals surface area contributed by atoms with Gasteiger partial charge in [0, 0.05) is 37.9 Å². The van der Waals surface area contributed by atoms with Crippen LogP contribution in [0.1, 0.15) is 26.7 Å². The molecule has 3 nitrogen and oxygen atoms in total. The second kappa shape index (κ2) is 8.22. The number of halogens is 2. The van der Waals surface area contributed by atoms with Crippen LogP contribution >= 0.6 is 35.0 Å². The van der Waals surface area contributed by atoms with Crippen LogP contribution in [0.15, 0.2) is 29.3 Å². The number of likely N-dealkylation sites (tertiary alicyclic amines) is 1. The molecule has 1 aromatic rings. The lowest BCUT2D eigenvalue weighted by Crippen LogP contribution is -2.42. The highest BCUT2D eigenvalue weighted by Crippen LogP contribution is 2.30. The fourth-order valence-corrected chi connectivity index (χ4v) is 4.46. The van der Waals surface area contributed by atoms with E-state index in [1.54, 1.807) is 12.1 Å². The maximum atomic E-state index is 6.06. The van der Waals surface area contributed by atoms with E-state index >= 15 is 0 Å². The molecule has 0 aromatic heterocycles. The first kappa shape index (κ1) is 18.2. The molecule has 0 amide bonds. The predicted octanol–water partition coefficient (Wildman–Crippen LogP) is 5.09. The van der Waals surface area contributed by atoms with Gasteiger partial charge in [-0.05, 0) is 44.2 Å². The highest BCUT2D eigenvalue weighted by Gasteiger charge is 2.24. The van der Waals surface area contributed by atoms with Gasteiger partial charge >= 0.3 is 0 Å². The van der Waals surface area contributed by atoms with Crippen molar-refractivity contribution in [1.82, 2.24) is 9.80 Å². The van der Waals surface area contributed by atoms with Gasteiger partial charge in [-0.2, -0.15) is 0 Å². The van der Waals surface area contributed by atoms with E-state index in [1.807, 2.05) is 17.8 Å². The summed E-state index contributed by atoms with van der Waals surface area (Å²) >= 11 is 13.9. The molecule has 2 aliphatic heterocycles. The minimum Gasteiger partial charge on any atom is -0.490 e. The number of allylic oxidation sites excluding steroid dienone is 1. The topological polar surface area (TPSA) is 15.7 Å². The monoisotopic (exact) mass is 386 g/mol. The lowest BCUT2D eigenvalue weighted by molar-refractivity contribution is 0.0954. The second-order valence-corrected chi connectivity index (χ2v) is 8.43. The Morgan fingerprint density at radius 1 is 1.17 bits per heavy atom. The Morgan fingerprint density at radius 3 is 2.54 bits per heavy atom. The van der Waals surface area contributed by atoms with Crippen molar-refractivity contribution in [2.24, 2.45) is 0 Å². The molecule has 0 N–H and O–H groups in total. The lowest BCUT2D eigenvalue weighted by atomic mass is 10.1. The smallest absolute Gasteiger partial charge is 0.121 e. The lowest BCUT2D eigenvalue weighted by Gasteiger charge is -2.34. The first-order valence-electron chi connectivity index (χ1n) is 8.46. The van der Waals surface area contributed by atoms with Gasteiger partial charge in [0.05, 0.1) is 15.4 Å². The zero-order chi connectivity index (χ0) is 17.1. The number of rotatable bonds is 5. The molecule has 132 valence electrons. The predicted molar refractivity (Wildman–Crippen MR) is 104 cm³/mol. The Morgan fingerprint density at radius 2 is 1.92 bits per heavy atom. The van der Waals surface area contributed by atoms with Crippen molar-refractivity contribution in [2.45, 2.75) is 38.2 Å². The van der Waals surface area contributed by atoms with E-state index in [0.717, 1.165) is 44.8 Å². The Kier molecular flexibility index (Phi) is 6.25. The number of ether oxygens (including phenoxy) is 1. The van der Waals surface area contributed by atoms with Gasteiger partial charge in [0.15, 0.2) is 0 Å². The third-order valence-corrected chi connectivity index (χ3v) is 6.58. The molecular formula is C18H24Cl2N2OS. The largest absolute Gasteiger partial charge is 0.490 e. The molecular weight excluding hydrogens is 363 g/mol. The molecule has 0 aliphatic carbocycles. The van der Waals surface area contributed by atoms with E-state index in [-0.39, 0.29) is 6.10 Å². The summed E-state index contributed by atoms with van der Waals surface area (Å²) in [5.74, 6) is 0.812. The van der Waals surface area contributed by atoms with E-state index < -0.39 is 0 Å². The number of piperidine rings is 1. The van der Waals surface area contributed by atoms with Crippen LogP contribution < -0.4 is 4.74 Å². The van der Waals surface area contributed by atoms with Crippen LogP contribution in [0.2, 0.25) is 10.0 Å². The van der Waals surface area contributed by atoms with E-state index in [2.05, 4.69) is 29.1 Å². The van der Waals surface area contributed by atoms with Crippen LogP contribution in [-0.2, 0) is 0 Å². The molecule has 3 rings (SSSR count). The van der Waals surface area contributed by atoms with Crippen LogP contribution in [0.4, 0.5) is 0 Å². The minimum atomic E-state index is 0.265. The van der Waals surface area contributed by atoms with Crippen molar-refractivity contribution >= 4 is 35.0 Å². The Balaban J connectivity index is 1.42. The fourth-order valence-electron chi connectivity index (χ4n) is 3.23. The van der Waals surface area contributed by atoms with Gasteiger partial charge in [0.2, 0.25) is 0 Å². The van der Waals surface area contributed by atoms with Crippen LogP contribution in [0.5, 0.6) is 5.75 Å². The van der Waals surface area contributed by atoms with E-state index in [1.165, 1.54) is 5.70 Å². The Hall–Kier alpha value is -0.550. The van der Waals surface area contributed by atoms with Crippen molar-refractivity contribution < 1.29 is 4.74 Å². The maximum absolute atomic E-state index is 6.06. The summed E-state index contributed by atoms with van der Waals surface area (Å²) in [6.45, 7) is 8.88. The van der Waals surface area contributed by atoms with Gasteiger partial charge in [-0.25, -0.2) is 0 Å². The Labute approximate surface area is 158 Å². The first-order chi connectivity index (χ1) is 11.5. The molecule has 1 unspecified atom stereocenters. The van der Waals surface area contributed by atoms with Gasteiger partial charge in [0.1, 0.15) is 11.9 Å². The molecule has 1 aromatic carbocycles. The number of hydrogen-bond donors (Lipinski definition) is 0. The molecule has 1 saturated heterocycles. The normalized spacial score (nSPS) is 22.8. The quantitative estimate of drug-likeness (QED) is 0.699. The molecule has 0 spiro atoms. The van der Waals surface area contributed by atoms with E-state index in [4.69, 9.17) is 27.9 Å². The van der Waals surface area contributed by atoms with Crippen molar-refractivity contribution in [3.63, 3.8) is 0 Å². The van der Waals surface area contributed by atoms with E-state index in [9.17, 15) is 0 Å². The second-order valence-electron chi connectivity index (χ2n) is 6.42. The van der Waals surface area contributed by atoms with Gasteiger partial charge in [-0.1, -0.05) is 23.2 Å². The molecule has 0 bridgehead atoms. The molecule has 1 fully saturated rings. The van der Waals surface area contributed by atoms with Crippen LogP contribution in [0, 0.1) is 0 Å². The fraction of sp³-hybridized carbons (Fsp3) is 0.556. The van der Waals surface area contributed by atoms with Crippen LogP contribution in [0.3, 0.4) is 0 Å². The zero-order valence-corrected chi connectivity index (χ0v) is 16.5. The third kappa shape index (κ3) is 4.54. The molecule has 6 heteroatoms. The highest BCUT2D eigenvalue weighted by atomic mass is 35.5. The van der Waals surface area contributed by atoms with Crippen molar-refractivity contribution in [3.05, 3.63) is 39.3 Å². The van der Waals surface area contributed by atoms with Gasteiger partial charge in [-0.3, -0.25) is 0 Å². The van der Waals surface area contributed by atoms with Gasteiger partial charge < -0.3 is 14.5 Å². The van der Waals surface area contributed by atoms with Crippen LogP contribution in [0.25, 0.3) is 0 Å². The maximum Gasteiger partial charge on any atom is 0.121 e. The average Bonchev–Trinajstić information content (AvgIpc) is 2.89. The Bertz CT molecular complexity index is 603. The van der Waals surface area contributed by atoms with Crippen molar-refractivity contribution in [1.29, 1.82) is 0 Å². The molecule has 0 radical (unpaired) electrons. The van der Waals surface area contributed by atoms with Gasteiger partial charge in [0.25, 0.3) is 0 Å². The van der Waals surface area contributed by atoms with Crippen molar-refractivity contribution in [2.75, 3.05) is 26.2 Å². The van der Waals surface area contributed by atoms with E-state index in [0.29, 0.717) is 15.4 Å². The summed E-state index contributed by atoms with van der Waals surface area (Å²) < 4.78 is 6.06. The minimum absolute atomic E-state index is 0.265. The summed E-state index contributed by atoms with van der Waals surface area (Å²) in [6, 6.07) is 5.49.